The van der Waals surface area contributed by atoms with Gasteiger partial charge in [-0.2, -0.15) is 0 Å². The number of esters is 1. The Morgan fingerprint density at radius 2 is 2.18 bits per heavy atom. The Balaban J connectivity index is 1.79. The normalized spacial score (nSPS) is 25.2. The number of nitrogens with zero attached hydrogens (tertiary/aromatic N) is 1. The van der Waals surface area contributed by atoms with Gasteiger partial charge in [0.05, 0.1) is 16.9 Å². The SMILES string of the molecule is C=C(S/C(=C\C)C(=O)OCC)[C@@]1(C(=O)Nc2nccs2)C[C@H]1C1CCCCC1. The summed E-state index contributed by atoms with van der Waals surface area (Å²) in [5.74, 6) is 0.425. The highest BCUT2D eigenvalue weighted by Gasteiger charge is 2.64. The van der Waals surface area contributed by atoms with Gasteiger partial charge in [0.2, 0.25) is 5.91 Å². The molecule has 3 rings (SSSR count). The van der Waals surface area contributed by atoms with Gasteiger partial charge in [0.25, 0.3) is 0 Å². The molecule has 1 heterocycles. The molecule has 1 aromatic heterocycles. The van der Waals surface area contributed by atoms with Gasteiger partial charge in [-0.25, -0.2) is 9.78 Å². The molecule has 2 aliphatic carbocycles. The van der Waals surface area contributed by atoms with Gasteiger partial charge < -0.3 is 10.1 Å². The van der Waals surface area contributed by atoms with Gasteiger partial charge in [0.15, 0.2) is 5.13 Å². The number of hydrogen-bond donors (Lipinski definition) is 1. The molecular formula is C21H28N2O3S2. The number of thioether (sulfide) groups is 1. The van der Waals surface area contributed by atoms with Crippen LogP contribution in [0.3, 0.4) is 0 Å². The molecule has 0 aromatic carbocycles. The van der Waals surface area contributed by atoms with Gasteiger partial charge in [0.1, 0.15) is 0 Å². The highest BCUT2D eigenvalue weighted by Crippen LogP contribution is 2.66. The second-order valence-electron chi connectivity index (χ2n) is 7.37. The van der Waals surface area contributed by atoms with Crippen LogP contribution in [-0.2, 0) is 14.3 Å². The first kappa shape index (κ1) is 21.1. The molecule has 1 aromatic rings. The number of thiazole rings is 1. The van der Waals surface area contributed by atoms with Crippen LogP contribution in [0.25, 0.3) is 0 Å². The van der Waals surface area contributed by atoms with E-state index >= 15 is 0 Å². The number of hydrogen-bond acceptors (Lipinski definition) is 6. The lowest BCUT2D eigenvalue weighted by molar-refractivity contribution is -0.137. The van der Waals surface area contributed by atoms with Crippen molar-refractivity contribution in [1.29, 1.82) is 0 Å². The first-order chi connectivity index (χ1) is 13.5. The van der Waals surface area contributed by atoms with Crippen molar-refractivity contribution in [3.05, 3.63) is 34.0 Å². The summed E-state index contributed by atoms with van der Waals surface area (Å²) in [6, 6.07) is 0. The minimum Gasteiger partial charge on any atom is -0.462 e. The molecule has 7 heteroatoms. The van der Waals surface area contributed by atoms with Gasteiger partial charge in [-0.05, 0) is 37.0 Å². The van der Waals surface area contributed by atoms with Crippen molar-refractivity contribution in [3.63, 3.8) is 0 Å². The summed E-state index contributed by atoms with van der Waals surface area (Å²) >= 11 is 2.69. The highest BCUT2D eigenvalue weighted by atomic mass is 32.2. The average molecular weight is 421 g/mol. The number of carbonyl (C=O) groups excluding carboxylic acids is 2. The Labute approximate surface area is 175 Å². The van der Waals surface area contributed by atoms with Crippen LogP contribution in [-0.4, -0.2) is 23.5 Å². The van der Waals surface area contributed by atoms with Crippen molar-refractivity contribution in [2.75, 3.05) is 11.9 Å². The molecule has 1 N–H and O–H groups in total. The number of aromatic nitrogens is 1. The molecule has 5 nitrogen and oxygen atoms in total. The molecule has 152 valence electrons. The average Bonchev–Trinajstić information content (AvgIpc) is 3.28. The van der Waals surface area contributed by atoms with Crippen LogP contribution in [0.2, 0.25) is 0 Å². The predicted molar refractivity (Wildman–Crippen MR) is 115 cm³/mol. The molecule has 28 heavy (non-hydrogen) atoms. The zero-order valence-electron chi connectivity index (χ0n) is 16.5. The number of nitrogens with one attached hydrogen (secondary N) is 1. The fourth-order valence-corrected chi connectivity index (χ4v) is 5.80. The molecule has 0 spiro atoms. The molecule has 2 saturated carbocycles. The Morgan fingerprint density at radius 3 is 2.79 bits per heavy atom. The molecule has 0 saturated heterocycles. The Kier molecular flexibility index (Phi) is 6.99. The van der Waals surface area contributed by atoms with E-state index in [0.717, 1.165) is 11.3 Å². The highest BCUT2D eigenvalue weighted by molar-refractivity contribution is 8.07. The molecule has 0 unspecified atom stereocenters. The lowest BCUT2D eigenvalue weighted by Gasteiger charge is -2.26. The van der Waals surface area contributed by atoms with Crippen LogP contribution >= 0.6 is 23.1 Å². The number of anilines is 1. The number of amides is 1. The minimum absolute atomic E-state index is 0.0464. The van der Waals surface area contributed by atoms with Gasteiger partial charge in [-0.15, -0.1) is 11.3 Å². The first-order valence-corrected chi connectivity index (χ1v) is 11.6. The van der Waals surface area contributed by atoms with Gasteiger partial charge >= 0.3 is 5.97 Å². The molecule has 0 bridgehead atoms. The number of allylic oxidation sites excluding steroid dienone is 1. The predicted octanol–water partition coefficient (Wildman–Crippen LogP) is 5.38. The quantitative estimate of drug-likeness (QED) is 0.451. The van der Waals surface area contributed by atoms with E-state index in [4.69, 9.17) is 4.74 Å². The van der Waals surface area contributed by atoms with Crippen LogP contribution in [0.15, 0.2) is 34.0 Å². The van der Waals surface area contributed by atoms with Crippen LogP contribution in [0.4, 0.5) is 5.13 Å². The second-order valence-corrected chi connectivity index (χ2v) is 9.40. The summed E-state index contributed by atoms with van der Waals surface area (Å²) < 4.78 is 5.14. The molecule has 0 aliphatic heterocycles. The van der Waals surface area contributed by atoms with E-state index in [1.54, 1.807) is 26.1 Å². The fraction of sp³-hybridized carbons (Fsp3) is 0.571. The fourth-order valence-electron chi connectivity index (χ4n) is 4.24. The van der Waals surface area contributed by atoms with Gasteiger partial charge in [-0.1, -0.05) is 56.5 Å². The number of ether oxygens (including phenoxy) is 1. The lowest BCUT2D eigenvalue weighted by atomic mass is 9.82. The van der Waals surface area contributed by atoms with E-state index in [0.29, 0.717) is 22.6 Å². The maximum Gasteiger partial charge on any atom is 0.344 e. The maximum atomic E-state index is 13.3. The van der Waals surface area contributed by atoms with Crippen molar-refractivity contribution in [2.24, 2.45) is 17.3 Å². The van der Waals surface area contributed by atoms with Crippen molar-refractivity contribution < 1.29 is 14.3 Å². The molecular weight excluding hydrogens is 392 g/mol. The Hall–Kier alpha value is -1.60. The van der Waals surface area contributed by atoms with Crippen LogP contribution in [0, 0.1) is 17.3 Å². The minimum atomic E-state index is -0.640. The Bertz CT molecular complexity index is 754. The van der Waals surface area contributed by atoms with E-state index < -0.39 is 5.41 Å². The van der Waals surface area contributed by atoms with Crippen molar-refractivity contribution in [3.8, 4) is 0 Å². The number of carbonyl (C=O) groups is 2. The molecule has 2 aliphatic rings. The van der Waals surface area contributed by atoms with Crippen LogP contribution in [0.5, 0.6) is 0 Å². The summed E-state index contributed by atoms with van der Waals surface area (Å²) in [7, 11) is 0. The standard InChI is InChI=1S/C21H28N2O3S2/c1-4-17(18(24)26-5-2)28-14(3)21(19(25)23-20-22-11-12-27-20)13-16(21)15-9-7-6-8-10-15/h4,11-12,15-16H,3,5-10,13H2,1-2H3,(H,22,23,25)/b17-4-/t16-,21-/m0/s1. The topological polar surface area (TPSA) is 68.3 Å². The molecule has 2 atom stereocenters. The summed E-state index contributed by atoms with van der Waals surface area (Å²) in [4.78, 5) is 30.9. The third kappa shape index (κ3) is 4.35. The van der Waals surface area contributed by atoms with E-state index in [1.807, 2.05) is 5.38 Å². The van der Waals surface area contributed by atoms with Crippen molar-refractivity contribution >= 4 is 40.1 Å². The molecule has 1 amide bonds. The van der Waals surface area contributed by atoms with Crippen molar-refractivity contribution in [1.82, 2.24) is 4.98 Å². The Morgan fingerprint density at radius 1 is 1.43 bits per heavy atom. The first-order valence-electron chi connectivity index (χ1n) is 9.94. The number of rotatable bonds is 8. The zero-order valence-corrected chi connectivity index (χ0v) is 18.2. The summed E-state index contributed by atoms with van der Waals surface area (Å²) in [5.41, 5.74) is -0.640. The van der Waals surface area contributed by atoms with E-state index in [9.17, 15) is 9.59 Å². The third-order valence-electron chi connectivity index (χ3n) is 5.76. The van der Waals surface area contributed by atoms with Crippen LogP contribution < -0.4 is 5.32 Å². The van der Waals surface area contributed by atoms with E-state index in [2.05, 4.69) is 16.9 Å². The maximum absolute atomic E-state index is 13.3. The van der Waals surface area contributed by atoms with E-state index in [-0.39, 0.29) is 17.8 Å². The van der Waals surface area contributed by atoms with Crippen LogP contribution in [0.1, 0.15) is 52.4 Å². The van der Waals surface area contributed by atoms with Gasteiger partial charge in [-0.3, -0.25) is 4.79 Å². The summed E-state index contributed by atoms with van der Waals surface area (Å²) in [6.45, 7) is 8.17. The lowest BCUT2D eigenvalue weighted by Crippen LogP contribution is -2.29. The second kappa shape index (κ2) is 9.27. The zero-order chi connectivity index (χ0) is 20.1. The summed E-state index contributed by atoms with van der Waals surface area (Å²) in [6.07, 6.45) is 10.3. The third-order valence-corrected chi connectivity index (χ3v) is 7.68. The molecule has 2 fully saturated rings. The largest absolute Gasteiger partial charge is 0.462 e. The smallest absolute Gasteiger partial charge is 0.344 e. The summed E-state index contributed by atoms with van der Waals surface area (Å²) in [5, 5.41) is 5.43. The van der Waals surface area contributed by atoms with Gasteiger partial charge in [0, 0.05) is 11.6 Å². The monoisotopic (exact) mass is 420 g/mol. The molecule has 0 radical (unpaired) electrons. The van der Waals surface area contributed by atoms with E-state index in [1.165, 1.54) is 55.2 Å². The van der Waals surface area contributed by atoms with Crippen molar-refractivity contribution in [2.45, 2.75) is 52.4 Å².